The van der Waals surface area contributed by atoms with Crippen molar-refractivity contribution in [2.75, 3.05) is 13.2 Å². The van der Waals surface area contributed by atoms with Crippen molar-refractivity contribution in [3.63, 3.8) is 0 Å². The summed E-state index contributed by atoms with van der Waals surface area (Å²) in [7, 11) is -4.76. The van der Waals surface area contributed by atoms with Gasteiger partial charge >= 0.3 is 19.8 Å². The highest BCUT2D eigenvalue weighted by atomic mass is 31.2. The highest BCUT2D eigenvalue weighted by Gasteiger charge is 2.22. The lowest BCUT2D eigenvalue weighted by atomic mass is 10.1. The molecule has 0 amide bonds. The largest absolute Gasteiger partial charge is 0.469 e. The van der Waals surface area contributed by atoms with Crippen LogP contribution >= 0.6 is 7.82 Å². The molecule has 8 nitrogen and oxygen atoms in total. The summed E-state index contributed by atoms with van der Waals surface area (Å²) in [5.41, 5.74) is 0. The quantitative estimate of drug-likeness (QED) is 0.0301. The maximum atomic E-state index is 12.3. The van der Waals surface area contributed by atoms with E-state index in [4.69, 9.17) is 19.3 Å². The number of carbonyl (C=O) groups is 2. The van der Waals surface area contributed by atoms with Crippen LogP contribution in [0.2, 0.25) is 0 Å². The Bertz CT molecular complexity index is 963. The van der Waals surface area contributed by atoms with Gasteiger partial charge in [0.2, 0.25) is 0 Å². The highest BCUT2D eigenvalue weighted by molar-refractivity contribution is 7.46. The number of ether oxygens (including phenoxy) is 2. The molecule has 0 rings (SSSR count). The van der Waals surface area contributed by atoms with Crippen LogP contribution in [0.1, 0.15) is 155 Å². The number of phosphoric ester groups is 1. The van der Waals surface area contributed by atoms with Crippen molar-refractivity contribution in [1.82, 2.24) is 0 Å². The van der Waals surface area contributed by atoms with E-state index in [1.807, 2.05) is 0 Å². The Morgan fingerprint density at radius 2 is 1.00 bits per heavy atom. The third kappa shape index (κ3) is 36.6. The molecule has 0 fully saturated rings. The average Bonchev–Trinajstić information content (AvgIpc) is 3.05. The van der Waals surface area contributed by atoms with Crippen LogP contribution in [0.3, 0.4) is 0 Å². The van der Waals surface area contributed by atoms with Gasteiger partial charge in [0.15, 0.2) is 6.10 Å². The fourth-order valence-corrected chi connectivity index (χ4v) is 5.17. The molecule has 9 heteroatoms. The van der Waals surface area contributed by atoms with Crippen molar-refractivity contribution < 1.29 is 37.9 Å². The van der Waals surface area contributed by atoms with Gasteiger partial charge in [-0.2, -0.15) is 0 Å². The second-order valence-electron chi connectivity index (χ2n) is 12.2. The lowest BCUT2D eigenvalue weighted by Crippen LogP contribution is -2.29. The van der Waals surface area contributed by atoms with E-state index < -0.39 is 32.5 Å². The van der Waals surface area contributed by atoms with Gasteiger partial charge in [0, 0.05) is 12.8 Å². The average molecular weight is 695 g/mol. The fourth-order valence-electron chi connectivity index (χ4n) is 4.81. The number of phosphoric acid groups is 1. The minimum atomic E-state index is -4.76. The van der Waals surface area contributed by atoms with Gasteiger partial charge in [-0.15, -0.1) is 0 Å². The monoisotopic (exact) mass is 694 g/mol. The van der Waals surface area contributed by atoms with Gasteiger partial charge < -0.3 is 19.3 Å². The molecule has 0 saturated heterocycles. The van der Waals surface area contributed by atoms with Crippen LogP contribution in [0, 0.1) is 0 Å². The predicted octanol–water partition coefficient (Wildman–Crippen LogP) is 11.0. The molecule has 48 heavy (non-hydrogen) atoms. The molecule has 0 bridgehead atoms. The number of hydrogen-bond acceptors (Lipinski definition) is 6. The summed E-state index contributed by atoms with van der Waals surface area (Å²) < 4.78 is 26.2. The Balaban J connectivity index is 4.06. The van der Waals surface area contributed by atoms with Gasteiger partial charge in [0.1, 0.15) is 6.61 Å². The van der Waals surface area contributed by atoms with E-state index >= 15 is 0 Å². The molecule has 1 atom stereocenters. The second kappa shape index (κ2) is 34.6. The molecule has 0 heterocycles. The molecule has 0 radical (unpaired) electrons. The zero-order valence-electron chi connectivity index (χ0n) is 30.1. The molecule has 0 aromatic rings. The van der Waals surface area contributed by atoms with Crippen molar-refractivity contribution in [3.8, 4) is 0 Å². The van der Waals surface area contributed by atoms with Gasteiger partial charge in [-0.05, 0) is 57.8 Å². The Morgan fingerprint density at radius 1 is 0.562 bits per heavy atom. The summed E-state index contributed by atoms with van der Waals surface area (Å²) >= 11 is 0. The molecule has 0 aliphatic carbocycles. The minimum Gasteiger partial charge on any atom is -0.462 e. The smallest absolute Gasteiger partial charge is 0.462 e. The van der Waals surface area contributed by atoms with E-state index in [1.54, 1.807) is 0 Å². The second-order valence-corrected chi connectivity index (χ2v) is 13.4. The Labute approximate surface area is 292 Å². The van der Waals surface area contributed by atoms with Gasteiger partial charge in [-0.25, -0.2) is 4.57 Å². The first-order valence-corrected chi connectivity index (χ1v) is 20.1. The van der Waals surface area contributed by atoms with Gasteiger partial charge in [-0.3, -0.25) is 14.1 Å². The Hall–Kier alpha value is -2.25. The summed E-state index contributed by atoms with van der Waals surface area (Å²) in [4.78, 5) is 42.6. The number of carbonyl (C=O) groups excluding carboxylic acids is 2. The number of esters is 2. The summed E-state index contributed by atoms with van der Waals surface area (Å²) in [5, 5.41) is 0. The predicted molar refractivity (Wildman–Crippen MR) is 197 cm³/mol. The van der Waals surface area contributed by atoms with Crippen molar-refractivity contribution >= 4 is 19.8 Å². The summed E-state index contributed by atoms with van der Waals surface area (Å²) in [5.74, 6) is -0.927. The maximum Gasteiger partial charge on any atom is 0.469 e. The lowest BCUT2D eigenvalue weighted by Gasteiger charge is -2.18. The SMILES string of the molecule is CC/C=C\C/C=C\C/C=C\C/C=C\C/C=C\CCCCCC(=O)OC(COC(=O)CCCCCCCCCCCCC)COP(=O)(O)O. The molecule has 0 aromatic heterocycles. The molecular formula is C39H67O8P. The van der Waals surface area contributed by atoms with Gasteiger partial charge in [0.25, 0.3) is 0 Å². The summed E-state index contributed by atoms with van der Waals surface area (Å²) in [6.07, 6.45) is 42.3. The van der Waals surface area contributed by atoms with Gasteiger partial charge in [-0.1, -0.05) is 145 Å². The van der Waals surface area contributed by atoms with Crippen molar-refractivity contribution in [2.45, 2.75) is 161 Å². The van der Waals surface area contributed by atoms with E-state index in [0.29, 0.717) is 6.42 Å². The first-order chi connectivity index (χ1) is 23.3. The van der Waals surface area contributed by atoms with Crippen molar-refractivity contribution in [3.05, 3.63) is 60.8 Å². The standard InChI is InChI=1S/C39H67O8P/c1-3-5-7-9-11-13-15-16-17-18-19-20-21-22-24-26-28-30-32-34-39(41)47-37(36-46-48(42,43)44)35-45-38(40)33-31-29-27-25-23-14-12-10-8-6-4-2/h5,7,11,13,16-17,19-20,22,24,37H,3-4,6,8-10,12,14-15,18,21,23,25-36H2,1-2H3,(H2,42,43,44)/b7-5-,13-11-,17-16-,20-19-,24-22-. The summed E-state index contributed by atoms with van der Waals surface area (Å²) in [6.45, 7) is 3.51. The third-order valence-corrected chi connectivity index (χ3v) is 8.04. The lowest BCUT2D eigenvalue weighted by molar-refractivity contribution is -0.161. The van der Waals surface area contributed by atoms with Crippen LogP contribution in [-0.4, -0.2) is 41.0 Å². The summed E-state index contributed by atoms with van der Waals surface area (Å²) in [6, 6.07) is 0. The Kier molecular flexibility index (Phi) is 33.0. The number of unbranched alkanes of at least 4 members (excludes halogenated alkanes) is 13. The topological polar surface area (TPSA) is 119 Å². The van der Waals surface area contributed by atoms with Crippen LogP contribution in [-0.2, 0) is 28.2 Å². The molecule has 276 valence electrons. The van der Waals surface area contributed by atoms with E-state index in [1.165, 1.54) is 51.4 Å². The van der Waals surface area contributed by atoms with Crippen molar-refractivity contribution in [1.29, 1.82) is 0 Å². The number of allylic oxidation sites excluding steroid dienone is 10. The molecule has 0 aromatic carbocycles. The number of hydrogen-bond donors (Lipinski definition) is 2. The molecule has 0 aliphatic rings. The molecule has 0 aliphatic heterocycles. The zero-order chi connectivity index (χ0) is 35.4. The minimum absolute atomic E-state index is 0.171. The maximum absolute atomic E-state index is 12.3. The molecule has 2 N–H and O–H groups in total. The molecule has 1 unspecified atom stereocenters. The van der Waals surface area contributed by atoms with Crippen LogP contribution in [0.5, 0.6) is 0 Å². The van der Waals surface area contributed by atoms with E-state index in [-0.39, 0.29) is 19.4 Å². The number of rotatable bonds is 33. The Morgan fingerprint density at radius 3 is 1.50 bits per heavy atom. The van der Waals surface area contributed by atoms with Crippen LogP contribution in [0.25, 0.3) is 0 Å². The zero-order valence-corrected chi connectivity index (χ0v) is 31.0. The third-order valence-electron chi connectivity index (χ3n) is 7.55. The molecular weight excluding hydrogens is 627 g/mol. The molecule has 0 spiro atoms. The van der Waals surface area contributed by atoms with Gasteiger partial charge in [0.05, 0.1) is 6.61 Å². The van der Waals surface area contributed by atoms with Crippen LogP contribution in [0.15, 0.2) is 60.8 Å². The molecule has 0 saturated carbocycles. The highest BCUT2D eigenvalue weighted by Crippen LogP contribution is 2.36. The van der Waals surface area contributed by atoms with Crippen LogP contribution in [0.4, 0.5) is 0 Å². The van der Waals surface area contributed by atoms with E-state index in [0.717, 1.165) is 70.6 Å². The van der Waals surface area contributed by atoms with Crippen LogP contribution < -0.4 is 0 Å². The van der Waals surface area contributed by atoms with Crippen molar-refractivity contribution in [2.24, 2.45) is 0 Å². The van der Waals surface area contributed by atoms with E-state index in [2.05, 4.69) is 79.1 Å². The van der Waals surface area contributed by atoms with E-state index in [9.17, 15) is 14.2 Å². The fraction of sp³-hybridized carbons (Fsp3) is 0.692. The normalized spacial score (nSPS) is 13.2. The first kappa shape index (κ1) is 45.8. The first-order valence-electron chi connectivity index (χ1n) is 18.6.